The van der Waals surface area contributed by atoms with E-state index in [2.05, 4.69) is 15.6 Å². The maximum atomic E-state index is 14.3. The van der Waals surface area contributed by atoms with Gasteiger partial charge in [0.2, 0.25) is 11.8 Å². The number of para-hydroxylation sites is 1. The molecule has 184 valence electrons. The van der Waals surface area contributed by atoms with Crippen molar-refractivity contribution in [1.82, 2.24) is 20.3 Å². The van der Waals surface area contributed by atoms with Crippen molar-refractivity contribution in [1.29, 1.82) is 0 Å². The number of rotatable bonds is 7. The lowest BCUT2D eigenvalue weighted by Crippen LogP contribution is -2.47. The van der Waals surface area contributed by atoms with E-state index in [0.717, 1.165) is 25.7 Å². The van der Waals surface area contributed by atoms with Crippen molar-refractivity contribution < 1.29 is 18.4 Å². The summed E-state index contributed by atoms with van der Waals surface area (Å²) in [4.78, 5) is 28.8. The van der Waals surface area contributed by atoms with Crippen molar-refractivity contribution in [2.24, 2.45) is 0 Å². The summed E-state index contributed by atoms with van der Waals surface area (Å²) in [6.45, 7) is -0.231. The van der Waals surface area contributed by atoms with Gasteiger partial charge in [-0.05, 0) is 60.9 Å². The van der Waals surface area contributed by atoms with Gasteiger partial charge < -0.3 is 5.32 Å². The van der Waals surface area contributed by atoms with Gasteiger partial charge in [0.05, 0.1) is 5.52 Å². The minimum absolute atomic E-state index is 0.0100. The Labute approximate surface area is 206 Å². The van der Waals surface area contributed by atoms with E-state index in [4.69, 9.17) is 0 Å². The molecule has 1 atom stereocenters. The van der Waals surface area contributed by atoms with Crippen LogP contribution in [-0.4, -0.2) is 32.9 Å². The summed E-state index contributed by atoms with van der Waals surface area (Å²) in [7, 11) is 0. The van der Waals surface area contributed by atoms with Crippen LogP contribution in [0.5, 0.6) is 0 Å². The lowest BCUT2D eigenvalue weighted by molar-refractivity contribution is -0.127. The van der Waals surface area contributed by atoms with E-state index in [0.29, 0.717) is 16.6 Å². The van der Waals surface area contributed by atoms with Gasteiger partial charge in [0.15, 0.2) is 0 Å². The normalized spacial score (nSPS) is 14.6. The molecule has 1 heterocycles. The maximum Gasteiger partial charge on any atom is 0.249 e. The number of carbonyl (C=O) groups is 2. The zero-order chi connectivity index (χ0) is 25.1. The Morgan fingerprint density at radius 1 is 0.972 bits per heavy atom. The van der Waals surface area contributed by atoms with E-state index in [1.54, 1.807) is 18.2 Å². The SMILES string of the molecule is O=C(NC1CCCC1)[C@@H](c1ccc(F)cc1)N(C(=O)Cn1nnc2ccccc21)c1cccc(F)c1. The van der Waals surface area contributed by atoms with E-state index in [1.165, 1.54) is 52.0 Å². The number of halogens is 2. The molecule has 0 saturated heterocycles. The number of amides is 2. The molecule has 36 heavy (non-hydrogen) atoms. The highest BCUT2D eigenvalue weighted by atomic mass is 19.1. The van der Waals surface area contributed by atoms with Gasteiger partial charge in [-0.3, -0.25) is 14.5 Å². The average Bonchev–Trinajstić information content (AvgIpc) is 3.53. The lowest BCUT2D eigenvalue weighted by atomic mass is 10.0. The number of anilines is 1. The van der Waals surface area contributed by atoms with Crippen molar-refractivity contribution in [2.75, 3.05) is 4.90 Å². The quantitative estimate of drug-likeness (QED) is 0.413. The fourth-order valence-electron chi connectivity index (χ4n) is 4.71. The number of nitrogens with one attached hydrogen (secondary N) is 1. The molecule has 7 nitrogen and oxygen atoms in total. The third kappa shape index (κ3) is 4.95. The van der Waals surface area contributed by atoms with Crippen LogP contribution in [0.1, 0.15) is 37.3 Å². The van der Waals surface area contributed by atoms with Crippen LogP contribution in [0.2, 0.25) is 0 Å². The Balaban J connectivity index is 1.57. The third-order valence-electron chi connectivity index (χ3n) is 6.45. The van der Waals surface area contributed by atoms with Crippen molar-refractivity contribution in [3.05, 3.63) is 90.0 Å². The van der Waals surface area contributed by atoms with E-state index in [9.17, 15) is 18.4 Å². The molecule has 0 bridgehead atoms. The Morgan fingerprint density at radius 2 is 1.72 bits per heavy atom. The smallest absolute Gasteiger partial charge is 0.249 e. The van der Waals surface area contributed by atoms with E-state index >= 15 is 0 Å². The molecule has 0 aliphatic heterocycles. The van der Waals surface area contributed by atoms with Gasteiger partial charge in [0.25, 0.3) is 0 Å². The van der Waals surface area contributed by atoms with Crippen molar-refractivity contribution in [2.45, 2.75) is 44.3 Å². The second kappa shape index (κ2) is 10.2. The molecule has 1 aliphatic rings. The first-order valence-corrected chi connectivity index (χ1v) is 11.9. The minimum atomic E-state index is -1.14. The lowest BCUT2D eigenvalue weighted by Gasteiger charge is -2.32. The Kier molecular flexibility index (Phi) is 6.71. The fourth-order valence-corrected chi connectivity index (χ4v) is 4.71. The number of fused-ring (bicyclic) bond motifs is 1. The highest BCUT2D eigenvalue weighted by Gasteiger charge is 2.35. The number of hydrogen-bond donors (Lipinski definition) is 1. The average molecular weight is 490 g/mol. The molecule has 1 N–H and O–H groups in total. The van der Waals surface area contributed by atoms with Crippen LogP contribution in [0.15, 0.2) is 72.8 Å². The van der Waals surface area contributed by atoms with Gasteiger partial charge >= 0.3 is 0 Å². The summed E-state index contributed by atoms with van der Waals surface area (Å²) in [5.41, 5.74) is 1.89. The first-order valence-electron chi connectivity index (χ1n) is 11.9. The van der Waals surface area contributed by atoms with Crippen LogP contribution in [0.3, 0.4) is 0 Å². The molecular weight excluding hydrogens is 464 g/mol. The zero-order valence-corrected chi connectivity index (χ0v) is 19.5. The molecule has 0 unspecified atom stereocenters. The molecular formula is C27H25F2N5O2. The van der Waals surface area contributed by atoms with E-state index < -0.39 is 29.5 Å². The second-order valence-corrected chi connectivity index (χ2v) is 8.92. The van der Waals surface area contributed by atoms with Crippen LogP contribution in [0.25, 0.3) is 11.0 Å². The molecule has 1 aromatic heterocycles. The Hall–Kier alpha value is -4.14. The highest BCUT2D eigenvalue weighted by molar-refractivity contribution is 6.01. The van der Waals surface area contributed by atoms with Crippen LogP contribution < -0.4 is 10.2 Å². The first-order chi connectivity index (χ1) is 17.5. The Morgan fingerprint density at radius 3 is 2.47 bits per heavy atom. The first kappa shape index (κ1) is 23.6. The molecule has 1 aliphatic carbocycles. The molecule has 5 rings (SSSR count). The maximum absolute atomic E-state index is 14.3. The molecule has 1 fully saturated rings. The van der Waals surface area contributed by atoms with Gasteiger partial charge in [-0.25, -0.2) is 13.5 Å². The zero-order valence-electron chi connectivity index (χ0n) is 19.5. The molecule has 1 saturated carbocycles. The summed E-state index contributed by atoms with van der Waals surface area (Å²) >= 11 is 0. The number of hydrogen-bond acceptors (Lipinski definition) is 4. The van der Waals surface area contributed by atoms with Crippen LogP contribution in [0, 0.1) is 11.6 Å². The summed E-state index contributed by atoms with van der Waals surface area (Å²) in [6, 6.07) is 17.0. The Bertz CT molecular complexity index is 1380. The predicted molar refractivity (Wildman–Crippen MR) is 131 cm³/mol. The van der Waals surface area contributed by atoms with Gasteiger partial charge in [-0.15, -0.1) is 5.10 Å². The van der Waals surface area contributed by atoms with Gasteiger partial charge in [0.1, 0.15) is 29.7 Å². The van der Waals surface area contributed by atoms with E-state index in [1.807, 2.05) is 12.1 Å². The minimum Gasteiger partial charge on any atom is -0.351 e. The van der Waals surface area contributed by atoms with Crippen molar-refractivity contribution in [3.63, 3.8) is 0 Å². The number of carbonyl (C=O) groups excluding carboxylic acids is 2. The summed E-state index contributed by atoms with van der Waals surface area (Å²) < 4.78 is 29.5. The van der Waals surface area contributed by atoms with Gasteiger partial charge in [-0.2, -0.15) is 0 Å². The van der Waals surface area contributed by atoms with Crippen molar-refractivity contribution >= 4 is 28.5 Å². The number of benzene rings is 3. The van der Waals surface area contributed by atoms with Gasteiger partial charge in [0, 0.05) is 11.7 Å². The third-order valence-corrected chi connectivity index (χ3v) is 6.45. The summed E-state index contributed by atoms with van der Waals surface area (Å²) in [5, 5.41) is 11.2. The molecule has 0 radical (unpaired) electrons. The molecule has 9 heteroatoms. The molecule has 4 aromatic rings. The number of aromatic nitrogens is 3. The topological polar surface area (TPSA) is 80.1 Å². The monoisotopic (exact) mass is 489 g/mol. The van der Waals surface area contributed by atoms with Crippen LogP contribution in [-0.2, 0) is 16.1 Å². The predicted octanol–water partition coefficient (Wildman–Crippen LogP) is 4.54. The highest BCUT2D eigenvalue weighted by Crippen LogP contribution is 2.30. The largest absolute Gasteiger partial charge is 0.351 e. The van der Waals surface area contributed by atoms with Crippen LogP contribution in [0.4, 0.5) is 14.5 Å². The van der Waals surface area contributed by atoms with Gasteiger partial charge in [-0.1, -0.05) is 48.4 Å². The standard InChI is InChI=1S/C27H25F2N5O2/c28-19-14-12-18(13-15-19)26(27(36)30-21-7-1-2-8-21)34(22-9-5-6-20(29)16-22)25(35)17-33-24-11-4-3-10-23(24)31-32-33/h3-6,9-16,21,26H,1-2,7-8,17H2,(H,30,36)/t26-/m1/s1. The molecule has 2 amide bonds. The summed E-state index contributed by atoms with van der Waals surface area (Å²) in [5.74, 6) is -1.92. The van der Waals surface area contributed by atoms with E-state index in [-0.39, 0.29) is 18.3 Å². The summed E-state index contributed by atoms with van der Waals surface area (Å²) in [6.07, 6.45) is 3.72. The molecule has 3 aromatic carbocycles. The number of nitrogens with zero attached hydrogens (tertiary/aromatic N) is 4. The van der Waals surface area contributed by atoms with Crippen molar-refractivity contribution in [3.8, 4) is 0 Å². The fraction of sp³-hybridized carbons (Fsp3) is 0.259. The van der Waals surface area contributed by atoms with Crippen LogP contribution >= 0.6 is 0 Å². The second-order valence-electron chi connectivity index (χ2n) is 8.92. The molecule has 0 spiro atoms.